The van der Waals surface area contributed by atoms with Gasteiger partial charge in [0, 0.05) is 12.8 Å². The molecule has 0 bridgehead atoms. The standard InChI is InChI=1S/C23H35N5O6/c1-4-13(2)19(28-20(30)14(3)24)22(32)26-16(10-11-18(25)29)21(31)27-17(23(33)34)12-15-8-6-5-7-9-15/h5-9,13-14,16-17,19H,4,10-12,24H2,1-3H3,(H2,25,29)(H,26,32)(H,27,31)(H,28,30)(H,33,34). The average Bonchev–Trinajstić information content (AvgIpc) is 2.79. The molecule has 188 valence electrons. The van der Waals surface area contributed by atoms with E-state index >= 15 is 0 Å². The summed E-state index contributed by atoms with van der Waals surface area (Å²) in [5.41, 5.74) is 11.5. The summed E-state index contributed by atoms with van der Waals surface area (Å²) < 4.78 is 0. The molecule has 0 aliphatic heterocycles. The van der Waals surface area contributed by atoms with Crippen molar-refractivity contribution in [3.8, 4) is 0 Å². The van der Waals surface area contributed by atoms with Gasteiger partial charge in [0.1, 0.15) is 18.1 Å². The van der Waals surface area contributed by atoms with Gasteiger partial charge in [0.05, 0.1) is 6.04 Å². The molecule has 0 fully saturated rings. The van der Waals surface area contributed by atoms with Crippen LogP contribution in [0.2, 0.25) is 0 Å². The van der Waals surface area contributed by atoms with Crippen molar-refractivity contribution in [3.63, 3.8) is 0 Å². The number of rotatable bonds is 14. The molecule has 0 heterocycles. The highest BCUT2D eigenvalue weighted by Gasteiger charge is 2.32. The van der Waals surface area contributed by atoms with E-state index in [-0.39, 0.29) is 25.2 Å². The molecule has 1 aromatic rings. The first kappa shape index (κ1) is 28.6. The van der Waals surface area contributed by atoms with Crippen molar-refractivity contribution >= 4 is 29.6 Å². The van der Waals surface area contributed by atoms with E-state index < -0.39 is 53.8 Å². The number of carbonyl (C=O) groups is 5. The van der Waals surface area contributed by atoms with E-state index in [0.29, 0.717) is 12.0 Å². The van der Waals surface area contributed by atoms with Crippen LogP contribution in [0.1, 0.15) is 45.6 Å². The summed E-state index contributed by atoms with van der Waals surface area (Å²) in [6.45, 7) is 5.06. The number of amides is 4. The van der Waals surface area contributed by atoms with Crippen LogP contribution in [0.3, 0.4) is 0 Å². The Kier molecular flexibility index (Phi) is 11.7. The zero-order valence-corrected chi connectivity index (χ0v) is 19.7. The Morgan fingerprint density at radius 2 is 1.50 bits per heavy atom. The van der Waals surface area contributed by atoms with E-state index in [1.807, 2.05) is 6.92 Å². The van der Waals surface area contributed by atoms with Gasteiger partial charge in [-0.1, -0.05) is 50.6 Å². The van der Waals surface area contributed by atoms with E-state index in [9.17, 15) is 29.1 Å². The summed E-state index contributed by atoms with van der Waals surface area (Å²) in [5.74, 6) is -4.18. The molecule has 0 radical (unpaired) electrons. The molecule has 1 rings (SSSR count). The Morgan fingerprint density at radius 1 is 0.912 bits per heavy atom. The van der Waals surface area contributed by atoms with Gasteiger partial charge in [-0.25, -0.2) is 4.79 Å². The van der Waals surface area contributed by atoms with Crippen molar-refractivity contribution in [1.82, 2.24) is 16.0 Å². The third kappa shape index (κ3) is 9.57. The average molecular weight is 478 g/mol. The van der Waals surface area contributed by atoms with E-state index in [0.717, 1.165) is 0 Å². The Balaban J connectivity index is 3.04. The van der Waals surface area contributed by atoms with Crippen molar-refractivity contribution in [3.05, 3.63) is 35.9 Å². The summed E-state index contributed by atoms with van der Waals surface area (Å²) in [6.07, 6.45) is 0.222. The quantitative estimate of drug-likeness (QED) is 0.206. The third-order valence-corrected chi connectivity index (χ3v) is 5.42. The fourth-order valence-electron chi connectivity index (χ4n) is 3.13. The molecule has 0 saturated carbocycles. The molecule has 0 saturated heterocycles. The number of hydrogen-bond donors (Lipinski definition) is 6. The summed E-state index contributed by atoms with van der Waals surface area (Å²) in [4.78, 5) is 61.1. The Hall–Kier alpha value is -3.47. The van der Waals surface area contributed by atoms with Crippen LogP contribution in [-0.2, 0) is 30.4 Å². The zero-order chi connectivity index (χ0) is 25.8. The fraction of sp³-hybridized carbons (Fsp3) is 0.522. The normalized spacial score (nSPS) is 15.2. The Bertz CT molecular complexity index is 861. The number of carboxylic acids is 1. The molecular weight excluding hydrogens is 442 g/mol. The van der Waals surface area contributed by atoms with Gasteiger partial charge in [0.25, 0.3) is 0 Å². The van der Waals surface area contributed by atoms with Crippen LogP contribution >= 0.6 is 0 Å². The van der Waals surface area contributed by atoms with Crippen molar-refractivity contribution in [2.45, 2.75) is 70.6 Å². The maximum Gasteiger partial charge on any atom is 0.326 e. The topological polar surface area (TPSA) is 194 Å². The highest BCUT2D eigenvalue weighted by atomic mass is 16.4. The molecule has 0 aliphatic rings. The van der Waals surface area contributed by atoms with Gasteiger partial charge in [-0.05, 0) is 24.8 Å². The van der Waals surface area contributed by atoms with Crippen molar-refractivity contribution in [1.29, 1.82) is 0 Å². The number of nitrogens with one attached hydrogen (secondary N) is 3. The summed E-state index contributed by atoms with van der Waals surface area (Å²) >= 11 is 0. The molecular formula is C23H35N5O6. The first-order valence-corrected chi connectivity index (χ1v) is 11.2. The highest BCUT2D eigenvalue weighted by molar-refractivity contribution is 5.94. The molecule has 11 nitrogen and oxygen atoms in total. The zero-order valence-electron chi connectivity index (χ0n) is 19.7. The first-order chi connectivity index (χ1) is 16.0. The van der Waals surface area contributed by atoms with Crippen molar-refractivity contribution in [2.24, 2.45) is 17.4 Å². The van der Waals surface area contributed by atoms with Crippen LogP contribution < -0.4 is 27.4 Å². The van der Waals surface area contributed by atoms with Gasteiger partial charge >= 0.3 is 5.97 Å². The number of carbonyl (C=O) groups excluding carboxylic acids is 4. The lowest BCUT2D eigenvalue weighted by Gasteiger charge is -2.27. The second-order valence-corrected chi connectivity index (χ2v) is 8.32. The molecule has 11 heteroatoms. The number of hydrogen-bond acceptors (Lipinski definition) is 6. The molecule has 1 aromatic carbocycles. The predicted octanol–water partition coefficient (Wildman–Crippen LogP) is -0.573. The minimum atomic E-state index is -1.26. The number of carboxylic acid groups (broad SMARTS) is 1. The minimum absolute atomic E-state index is 0.0261. The lowest BCUT2D eigenvalue weighted by Crippen LogP contribution is -2.58. The second kappa shape index (κ2) is 13.9. The van der Waals surface area contributed by atoms with Crippen LogP contribution in [0.4, 0.5) is 0 Å². The van der Waals surface area contributed by atoms with Crippen molar-refractivity contribution in [2.75, 3.05) is 0 Å². The molecule has 0 aromatic heterocycles. The highest BCUT2D eigenvalue weighted by Crippen LogP contribution is 2.10. The lowest BCUT2D eigenvalue weighted by atomic mass is 9.97. The van der Waals surface area contributed by atoms with Gasteiger partial charge in [-0.3, -0.25) is 19.2 Å². The monoisotopic (exact) mass is 477 g/mol. The molecule has 0 aliphatic carbocycles. The van der Waals surface area contributed by atoms with E-state index in [4.69, 9.17) is 11.5 Å². The Labute approximate surface area is 199 Å². The maximum atomic E-state index is 13.0. The number of benzene rings is 1. The van der Waals surface area contributed by atoms with Gasteiger partial charge in [-0.2, -0.15) is 0 Å². The number of aliphatic carboxylic acids is 1. The molecule has 5 atom stereocenters. The minimum Gasteiger partial charge on any atom is -0.480 e. The SMILES string of the molecule is CCC(C)C(NC(=O)C(C)N)C(=O)NC(CCC(N)=O)C(=O)NC(Cc1ccccc1)C(=O)O. The first-order valence-electron chi connectivity index (χ1n) is 11.2. The van der Waals surface area contributed by atoms with Gasteiger partial charge in [0.2, 0.25) is 23.6 Å². The Morgan fingerprint density at radius 3 is 2.00 bits per heavy atom. The molecule has 0 spiro atoms. The smallest absolute Gasteiger partial charge is 0.326 e. The summed E-state index contributed by atoms with van der Waals surface area (Å²) in [7, 11) is 0. The number of primary amides is 1. The van der Waals surface area contributed by atoms with Crippen LogP contribution in [0.25, 0.3) is 0 Å². The lowest BCUT2D eigenvalue weighted by molar-refractivity contribution is -0.142. The maximum absolute atomic E-state index is 13.0. The third-order valence-electron chi connectivity index (χ3n) is 5.42. The predicted molar refractivity (Wildman–Crippen MR) is 125 cm³/mol. The van der Waals surface area contributed by atoms with E-state index in [2.05, 4.69) is 16.0 Å². The van der Waals surface area contributed by atoms with Gasteiger partial charge in [0.15, 0.2) is 0 Å². The molecule has 4 amide bonds. The summed E-state index contributed by atoms with van der Waals surface area (Å²) in [5, 5.41) is 17.1. The summed E-state index contributed by atoms with van der Waals surface area (Å²) in [6, 6.07) is 4.41. The van der Waals surface area contributed by atoms with E-state index in [1.165, 1.54) is 6.92 Å². The van der Waals surface area contributed by atoms with Crippen LogP contribution in [-0.4, -0.2) is 58.9 Å². The molecule has 8 N–H and O–H groups in total. The van der Waals surface area contributed by atoms with Crippen LogP contribution in [0, 0.1) is 5.92 Å². The van der Waals surface area contributed by atoms with Gasteiger partial charge < -0.3 is 32.5 Å². The van der Waals surface area contributed by atoms with Crippen LogP contribution in [0.15, 0.2) is 30.3 Å². The molecule has 34 heavy (non-hydrogen) atoms. The van der Waals surface area contributed by atoms with Crippen molar-refractivity contribution < 1.29 is 29.1 Å². The van der Waals surface area contributed by atoms with Crippen LogP contribution in [0.5, 0.6) is 0 Å². The number of nitrogens with two attached hydrogens (primary N) is 2. The second-order valence-electron chi connectivity index (χ2n) is 8.32. The largest absolute Gasteiger partial charge is 0.480 e. The van der Waals surface area contributed by atoms with E-state index in [1.54, 1.807) is 37.3 Å². The fourth-order valence-corrected chi connectivity index (χ4v) is 3.13. The molecule has 5 unspecified atom stereocenters. The van der Waals surface area contributed by atoms with Gasteiger partial charge in [-0.15, -0.1) is 0 Å².